The minimum atomic E-state index is -1.65. The van der Waals surface area contributed by atoms with Crippen molar-refractivity contribution >= 4 is 35.8 Å². The molecule has 13 nitrogen and oxygen atoms in total. The van der Waals surface area contributed by atoms with Crippen LogP contribution >= 0.6 is 0 Å². The molecule has 0 aliphatic carbocycles. The van der Waals surface area contributed by atoms with Crippen LogP contribution in [0, 0.1) is 0 Å². The van der Waals surface area contributed by atoms with Crippen molar-refractivity contribution in [1.82, 2.24) is 0 Å². The van der Waals surface area contributed by atoms with Crippen LogP contribution in [0.5, 0.6) is 0 Å². The summed E-state index contributed by atoms with van der Waals surface area (Å²) < 4.78 is 36.4. The van der Waals surface area contributed by atoms with E-state index in [0.717, 1.165) is 41.5 Å². The van der Waals surface area contributed by atoms with Gasteiger partial charge in [0.1, 0.15) is 12.7 Å². The summed E-state index contributed by atoms with van der Waals surface area (Å²) in [5.74, 6) is -4.90. The molecule has 1 rings (SSSR count). The Bertz CT molecular complexity index is 732. The van der Waals surface area contributed by atoms with Crippen LogP contribution in [0.2, 0.25) is 0 Å². The highest BCUT2D eigenvalue weighted by Crippen LogP contribution is 2.32. The Hall–Kier alpha value is -3.22. The fraction of sp³-hybridized carbons (Fsp3) is 0.684. The van der Waals surface area contributed by atoms with E-state index in [1.54, 1.807) is 0 Å². The maximum atomic E-state index is 11.8. The van der Waals surface area contributed by atoms with E-state index in [4.69, 9.17) is 33.2 Å². The minimum Gasteiger partial charge on any atom is -0.462 e. The first-order valence-corrected chi connectivity index (χ1v) is 9.46. The molecule has 32 heavy (non-hydrogen) atoms. The fourth-order valence-electron chi connectivity index (χ4n) is 2.97. The van der Waals surface area contributed by atoms with Crippen LogP contribution in [0.3, 0.4) is 0 Å². The minimum absolute atomic E-state index is 0.533. The van der Waals surface area contributed by atoms with Crippen molar-refractivity contribution in [1.29, 1.82) is 0 Å². The maximum absolute atomic E-state index is 11.8. The summed E-state index contributed by atoms with van der Waals surface area (Å²) in [6, 6.07) is 0. The summed E-state index contributed by atoms with van der Waals surface area (Å²) in [7, 11) is 0. The molecule has 0 aromatic carbocycles. The van der Waals surface area contributed by atoms with Crippen molar-refractivity contribution in [2.75, 3.05) is 6.61 Å². The quantitative estimate of drug-likeness (QED) is 0.337. The number of hydrogen-bond donors (Lipinski definition) is 0. The van der Waals surface area contributed by atoms with Gasteiger partial charge in [0.25, 0.3) is 0 Å². The van der Waals surface area contributed by atoms with Gasteiger partial charge in [-0.25, -0.2) is 0 Å². The second kappa shape index (κ2) is 12.0. The first-order valence-electron chi connectivity index (χ1n) is 9.46. The van der Waals surface area contributed by atoms with Gasteiger partial charge in [0, 0.05) is 41.5 Å². The number of carbonyl (C=O) groups is 6. The Morgan fingerprint density at radius 3 is 1.53 bits per heavy atom. The fourth-order valence-corrected chi connectivity index (χ4v) is 2.97. The predicted molar refractivity (Wildman–Crippen MR) is 99.3 cm³/mol. The zero-order valence-electron chi connectivity index (χ0n) is 18.5. The first kappa shape index (κ1) is 26.8. The number of carbonyl (C=O) groups excluding carboxylic acids is 6. The predicted octanol–water partition coefficient (Wildman–Crippen LogP) is -0.436. The number of ether oxygens (including phenoxy) is 7. The molecule has 180 valence electrons. The lowest BCUT2D eigenvalue weighted by molar-refractivity contribution is -0.310. The molecule has 1 fully saturated rings. The smallest absolute Gasteiger partial charge is 0.305 e. The Labute approximate surface area is 183 Å². The Balaban J connectivity index is 3.52. The molecule has 1 heterocycles. The third kappa shape index (κ3) is 8.49. The second-order valence-corrected chi connectivity index (χ2v) is 6.75. The molecule has 0 spiro atoms. The lowest BCUT2D eigenvalue weighted by Gasteiger charge is -2.45. The van der Waals surface area contributed by atoms with E-state index >= 15 is 0 Å². The van der Waals surface area contributed by atoms with Crippen molar-refractivity contribution in [3.8, 4) is 0 Å². The van der Waals surface area contributed by atoms with Gasteiger partial charge in [-0.3, -0.25) is 28.8 Å². The molecule has 0 aromatic heterocycles. The monoisotopic (exact) mass is 462 g/mol. The van der Waals surface area contributed by atoms with E-state index in [9.17, 15) is 28.8 Å². The Morgan fingerprint density at radius 1 is 0.625 bits per heavy atom. The molecule has 1 aliphatic rings. The molecule has 1 unspecified atom stereocenters. The van der Waals surface area contributed by atoms with E-state index in [-0.39, 0.29) is 0 Å². The van der Waals surface area contributed by atoms with E-state index < -0.39 is 79.2 Å². The van der Waals surface area contributed by atoms with Gasteiger partial charge in [-0.15, -0.1) is 0 Å². The third-order valence-corrected chi connectivity index (χ3v) is 3.85. The van der Waals surface area contributed by atoms with Crippen molar-refractivity contribution in [3.63, 3.8) is 0 Å². The van der Waals surface area contributed by atoms with Crippen molar-refractivity contribution in [2.24, 2.45) is 0 Å². The summed E-state index contributed by atoms with van der Waals surface area (Å²) >= 11 is 0. The van der Waals surface area contributed by atoms with E-state index in [2.05, 4.69) is 0 Å². The van der Waals surface area contributed by atoms with E-state index in [0.29, 0.717) is 0 Å². The van der Waals surface area contributed by atoms with Crippen LogP contribution in [-0.4, -0.2) is 79.2 Å². The molecule has 0 bridgehead atoms. The molecule has 0 N–H and O–H groups in total. The number of esters is 6. The number of rotatable bonds is 8. The van der Waals surface area contributed by atoms with Gasteiger partial charge in [0.05, 0.1) is 0 Å². The zero-order chi connectivity index (χ0) is 24.6. The standard InChI is InChI=1S/C19H26O13/c1-8(20)26-7-14(27-9(2)21)15-16(28-10(3)22)17(29-11(4)23)18(30-12(5)24)19(32-15)31-13(6)25/h14-19H,7H2,1-6H3/t14-,15-,16-,17+,18-,19?/m1/s1. The van der Waals surface area contributed by atoms with E-state index in [1.165, 1.54) is 0 Å². The molecule has 0 saturated carbocycles. The van der Waals surface area contributed by atoms with Gasteiger partial charge >= 0.3 is 35.8 Å². The average molecular weight is 462 g/mol. The second-order valence-electron chi connectivity index (χ2n) is 6.75. The van der Waals surface area contributed by atoms with Crippen LogP contribution in [0.4, 0.5) is 0 Å². The summed E-state index contributed by atoms with van der Waals surface area (Å²) in [5, 5.41) is 0. The molecular formula is C19H26O13. The van der Waals surface area contributed by atoms with Crippen LogP contribution < -0.4 is 0 Å². The van der Waals surface area contributed by atoms with Crippen molar-refractivity contribution in [2.45, 2.75) is 78.4 Å². The summed E-state index contributed by atoms with van der Waals surface area (Å²) in [6.07, 6.45) is -9.05. The first-order chi connectivity index (χ1) is 14.8. The van der Waals surface area contributed by atoms with Crippen LogP contribution in [0.25, 0.3) is 0 Å². The molecule has 6 atom stereocenters. The van der Waals surface area contributed by atoms with Crippen LogP contribution in [0.15, 0.2) is 0 Å². The van der Waals surface area contributed by atoms with Gasteiger partial charge in [-0.2, -0.15) is 0 Å². The number of hydrogen-bond acceptors (Lipinski definition) is 13. The van der Waals surface area contributed by atoms with E-state index in [1.807, 2.05) is 0 Å². The highest BCUT2D eigenvalue weighted by Gasteiger charge is 2.56. The largest absolute Gasteiger partial charge is 0.462 e. The topological polar surface area (TPSA) is 167 Å². The summed E-state index contributed by atoms with van der Waals surface area (Å²) in [5.41, 5.74) is 0. The zero-order valence-corrected chi connectivity index (χ0v) is 18.5. The Morgan fingerprint density at radius 2 is 1.09 bits per heavy atom. The normalized spacial score (nSPS) is 25.5. The highest BCUT2D eigenvalue weighted by atomic mass is 16.7. The lowest BCUT2D eigenvalue weighted by Crippen LogP contribution is -2.65. The molecule has 1 saturated heterocycles. The van der Waals surface area contributed by atoms with Gasteiger partial charge in [-0.1, -0.05) is 0 Å². The van der Waals surface area contributed by atoms with Crippen LogP contribution in [0.1, 0.15) is 41.5 Å². The summed E-state index contributed by atoms with van der Waals surface area (Å²) in [4.78, 5) is 69.7. The van der Waals surface area contributed by atoms with Crippen molar-refractivity contribution < 1.29 is 61.9 Å². The highest BCUT2D eigenvalue weighted by molar-refractivity contribution is 5.69. The molecule has 0 amide bonds. The molecule has 13 heteroatoms. The Kier molecular flexibility index (Phi) is 10.0. The van der Waals surface area contributed by atoms with Gasteiger partial charge in [0.2, 0.25) is 12.4 Å². The molecular weight excluding hydrogens is 436 g/mol. The molecule has 0 radical (unpaired) electrons. The lowest BCUT2D eigenvalue weighted by atomic mass is 9.94. The molecule has 1 aliphatic heterocycles. The molecule has 0 aromatic rings. The van der Waals surface area contributed by atoms with Gasteiger partial charge in [-0.05, 0) is 0 Å². The van der Waals surface area contributed by atoms with Gasteiger partial charge in [0.15, 0.2) is 18.3 Å². The SMILES string of the molecule is CC(=O)OC[C@@H](OC(C)=O)[C@H]1OC(OC(C)=O)[C@H](OC(C)=O)[C@@H](OC(C)=O)[C@@H]1OC(C)=O. The summed E-state index contributed by atoms with van der Waals surface area (Å²) in [6.45, 7) is 5.83. The van der Waals surface area contributed by atoms with Crippen LogP contribution in [-0.2, 0) is 61.9 Å². The maximum Gasteiger partial charge on any atom is 0.305 e. The third-order valence-electron chi connectivity index (χ3n) is 3.85. The van der Waals surface area contributed by atoms with Gasteiger partial charge < -0.3 is 33.2 Å². The van der Waals surface area contributed by atoms with Crippen molar-refractivity contribution in [3.05, 3.63) is 0 Å². The average Bonchev–Trinajstić information content (AvgIpc) is 2.61.